The third-order valence-electron chi connectivity index (χ3n) is 2.43. The quantitative estimate of drug-likeness (QED) is 0.857. The van der Waals surface area contributed by atoms with E-state index in [1.165, 1.54) is 12.1 Å². The van der Waals surface area contributed by atoms with Crippen LogP contribution in [0.2, 0.25) is 0 Å². The first-order valence-corrected chi connectivity index (χ1v) is 5.76. The molecule has 2 rings (SSSR count). The zero-order valence-corrected chi connectivity index (χ0v) is 10.3. The van der Waals surface area contributed by atoms with Crippen molar-refractivity contribution < 1.29 is 8.78 Å². The van der Waals surface area contributed by atoms with Crippen LogP contribution >= 0.6 is 15.9 Å². The normalized spacial score (nSPS) is 12.7. The van der Waals surface area contributed by atoms with E-state index in [4.69, 9.17) is 5.73 Å². The number of hydrogen-bond acceptors (Lipinski definition) is 2. The first kappa shape index (κ1) is 12.2. The van der Waals surface area contributed by atoms with Crippen molar-refractivity contribution in [3.63, 3.8) is 0 Å². The maximum atomic E-state index is 13.7. The van der Waals surface area contributed by atoms with Gasteiger partial charge in [0.1, 0.15) is 17.5 Å². The lowest BCUT2D eigenvalue weighted by Crippen LogP contribution is -2.16. The van der Waals surface area contributed by atoms with Crippen molar-refractivity contribution in [2.75, 3.05) is 0 Å². The van der Waals surface area contributed by atoms with Gasteiger partial charge in [0, 0.05) is 24.4 Å². The fourth-order valence-corrected chi connectivity index (χ4v) is 1.92. The Balaban J connectivity index is 2.27. The summed E-state index contributed by atoms with van der Waals surface area (Å²) in [6.45, 7) is 0. The second-order valence-corrected chi connectivity index (χ2v) is 4.46. The molecule has 0 spiro atoms. The molecule has 0 fully saturated rings. The van der Waals surface area contributed by atoms with Gasteiger partial charge in [-0.25, -0.2) is 13.8 Å². The highest BCUT2D eigenvalue weighted by atomic mass is 79.9. The van der Waals surface area contributed by atoms with Crippen molar-refractivity contribution in [3.8, 4) is 0 Å². The Hall–Kier alpha value is -1.27. The highest BCUT2D eigenvalue weighted by Crippen LogP contribution is 2.24. The second kappa shape index (κ2) is 4.93. The van der Waals surface area contributed by atoms with Gasteiger partial charge in [-0.1, -0.05) is 0 Å². The zero-order chi connectivity index (χ0) is 12.4. The number of H-pyrrole nitrogens is 1. The number of halogens is 3. The first-order valence-electron chi connectivity index (χ1n) is 4.97. The number of benzene rings is 1. The van der Waals surface area contributed by atoms with Gasteiger partial charge in [0.05, 0.1) is 10.5 Å². The van der Waals surface area contributed by atoms with E-state index >= 15 is 0 Å². The number of hydrogen-bond donors (Lipinski definition) is 2. The van der Waals surface area contributed by atoms with Crippen molar-refractivity contribution in [2.45, 2.75) is 12.5 Å². The fraction of sp³-hybridized carbons (Fsp3) is 0.182. The lowest BCUT2D eigenvalue weighted by atomic mass is 10.0. The third-order valence-corrected chi connectivity index (χ3v) is 3.05. The Morgan fingerprint density at radius 3 is 2.82 bits per heavy atom. The molecule has 1 heterocycles. The highest BCUT2D eigenvalue weighted by Gasteiger charge is 2.17. The SMILES string of the molecule is NC(Cc1c(F)ccc(Br)c1F)c1ncc[nH]1. The molecule has 0 bridgehead atoms. The predicted octanol–water partition coefficient (Wildman–Crippen LogP) is 2.69. The van der Waals surface area contributed by atoms with Crippen molar-refractivity contribution in [1.82, 2.24) is 9.97 Å². The van der Waals surface area contributed by atoms with Gasteiger partial charge in [-0.15, -0.1) is 0 Å². The van der Waals surface area contributed by atoms with Gasteiger partial charge in [-0.2, -0.15) is 0 Å². The second-order valence-electron chi connectivity index (χ2n) is 3.61. The topological polar surface area (TPSA) is 54.7 Å². The average Bonchev–Trinajstić information content (AvgIpc) is 2.83. The Labute approximate surface area is 105 Å². The van der Waals surface area contributed by atoms with Gasteiger partial charge in [0.25, 0.3) is 0 Å². The van der Waals surface area contributed by atoms with E-state index in [0.29, 0.717) is 5.82 Å². The summed E-state index contributed by atoms with van der Waals surface area (Å²) in [5.41, 5.74) is 5.78. The zero-order valence-electron chi connectivity index (χ0n) is 8.75. The average molecular weight is 302 g/mol. The van der Waals surface area contributed by atoms with Crippen LogP contribution in [-0.2, 0) is 6.42 Å². The Kier molecular flexibility index (Phi) is 3.54. The van der Waals surface area contributed by atoms with Gasteiger partial charge in [-0.05, 0) is 28.1 Å². The van der Waals surface area contributed by atoms with E-state index in [9.17, 15) is 8.78 Å². The minimum absolute atomic E-state index is 0.0386. The standard InChI is InChI=1S/C11H10BrF2N3/c12-7-1-2-8(13)6(10(7)14)5-9(15)11-16-3-4-17-11/h1-4,9H,5,15H2,(H,16,17). The van der Waals surface area contributed by atoms with Crippen molar-refractivity contribution >= 4 is 15.9 Å². The largest absolute Gasteiger partial charge is 0.347 e. The molecule has 0 aliphatic heterocycles. The summed E-state index contributed by atoms with van der Waals surface area (Å²) in [7, 11) is 0. The molecule has 0 aliphatic rings. The summed E-state index contributed by atoms with van der Waals surface area (Å²) in [6, 6.07) is 1.97. The summed E-state index contributed by atoms with van der Waals surface area (Å²) < 4.78 is 27.4. The van der Waals surface area contributed by atoms with E-state index in [2.05, 4.69) is 25.9 Å². The van der Waals surface area contributed by atoms with E-state index in [0.717, 1.165) is 0 Å². The van der Waals surface area contributed by atoms with Crippen LogP contribution in [-0.4, -0.2) is 9.97 Å². The van der Waals surface area contributed by atoms with Crippen LogP contribution in [0.4, 0.5) is 8.78 Å². The van der Waals surface area contributed by atoms with Gasteiger partial charge in [0.15, 0.2) is 0 Å². The van der Waals surface area contributed by atoms with E-state index in [1.807, 2.05) is 0 Å². The van der Waals surface area contributed by atoms with Gasteiger partial charge in [0.2, 0.25) is 0 Å². The van der Waals surface area contributed by atoms with E-state index in [-0.39, 0.29) is 16.5 Å². The van der Waals surface area contributed by atoms with Crippen LogP contribution in [0.1, 0.15) is 17.4 Å². The molecule has 90 valence electrons. The lowest BCUT2D eigenvalue weighted by Gasteiger charge is -2.11. The molecule has 6 heteroatoms. The van der Waals surface area contributed by atoms with E-state index in [1.54, 1.807) is 12.4 Å². The van der Waals surface area contributed by atoms with Crippen LogP contribution < -0.4 is 5.73 Å². The number of aromatic amines is 1. The minimum Gasteiger partial charge on any atom is -0.347 e. The van der Waals surface area contributed by atoms with Crippen LogP contribution in [0.3, 0.4) is 0 Å². The Bertz CT molecular complexity index is 514. The fourth-order valence-electron chi connectivity index (χ4n) is 1.55. The number of rotatable bonds is 3. The summed E-state index contributed by atoms with van der Waals surface area (Å²) in [5.74, 6) is -0.719. The Morgan fingerprint density at radius 1 is 1.41 bits per heavy atom. The molecule has 0 saturated heterocycles. The first-order chi connectivity index (χ1) is 8.09. The van der Waals surface area contributed by atoms with E-state index < -0.39 is 17.7 Å². The minimum atomic E-state index is -0.619. The third kappa shape index (κ3) is 2.53. The van der Waals surface area contributed by atoms with Gasteiger partial charge in [-0.3, -0.25) is 0 Å². The molecule has 0 radical (unpaired) electrons. The molecule has 17 heavy (non-hydrogen) atoms. The molecule has 1 atom stereocenters. The molecule has 0 amide bonds. The van der Waals surface area contributed by atoms with Crippen LogP contribution in [0.25, 0.3) is 0 Å². The molecule has 1 aromatic heterocycles. The van der Waals surface area contributed by atoms with Crippen molar-refractivity contribution in [3.05, 3.63) is 52.0 Å². The Morgan fingerprint density at radius 2 is 2.18 bits per heavy atom. The monoisotopic (exact) mass is 301 g/mol. The molecule has 2 aromatic rings. The maximum absolute atomic E-state index is 13.7. The number of aromatic nitrogens is 2. The predicted molar refractivity (Wildman–Crippen MR) is 63.3 cm³/mol. The van der Waals surface area contributed by atoms with Gasteiger partial charge < -0.3 is 10.7 Å². The summed E-state index contributed by atoms with van der Waals surface area (Å²) in [6.07, 6.45) is 3.20. The molecule has 0 saturated carbocycles. The van der Waals surface area contributed by atoms with Crippen LogP contribution in [0.5, 0.6) is 0 Å². The van der Waals surface area contributed by atoms with Crippen molar-refractivity contribution in [2.24, 2.45) is 5.73 Å². The smallest absolute Gasteiger partial charge is 0.143 e. The van der Waals surface area contributed by atoms with Crippen LogP contribution in [0.15, 0.2) is 29.0 Å². The molecule has 1 aromatic carbocycles. The maximum Gasteiger partial charge on any atom is 0.143 e. The van der Waals surface area contributed by atoms with Crippen molar-refractivity contribution in [1.29, 1.82) is 0 Å². The van der Waals surface area contributed by atoms with Crippen LogP contribution in [0, 0.1) is 11.6 Å². The number of nitrogens with two attached hydrogens (primary N) is 1. The molecular weight excluding hydrogens is 292 g/mol. The molecule has 0 aliphatic carbocycles. The lowest BCUT2D eigenvalue weighted by molar-refractivity contribution is 0.531. The highest BCUT2D eigenvalue weighted by molar-refractivity contribution is 9.10. The number of nitrogens with zero attached hydrogens (tertiary/aromatic N) is 1. The molecule has 3 nitrogen and oxygen atoms in total. The summed E-state index contributed by atoms with van der Waals surface area (Å²) in [4.78, 5) is 6.77. The van der Waals surface area contributed by atoms with Gasteiger partial charge >= 0.3 is 0 Å². The number of imidazole rings is 1. The molecule has 3 N–H and O–H groups in total. The summed E-state index contributed by atoms with van der Waals surface area (Å²) >= 11 is 3.01. The number of nitrogens with one attached hydrogen (secondary N) is 1. The summed E-state index contributed by atoms with van der Waals surface area (Å²) in [5, 5.41) is 0. The molecule has 1 unspecified atom stereocenters. The molecular formula is C11H10BrF2N3.